The van der Waals surface area contributed by atoms with Crippen molar-refractivity contribution in [2.24, 2.45) is 0 Å². The Kier molecular flexibility index (Phi) is 21.9. The van der Waals surface area contributed by atoms with Crippen LogP contribution in [0.15, 0.2) is 48.5 Å². The first-order valence-electron chi connectivity index (χ1n) is 20.1. The van der Waals surface area contributed by atoms with Crippen LogP contribution >= 0.6 is 0 Å². The highest BCUT2D eigenvalue weighted by molar-refractivity contribution is 6.78. The van der Waals surface area contributed by atoms with Crippen molar-refractivity contribution in [3.05, 3.63) is 48.5 Å². The van der Waals surface area contributed by atoms with Gasteiger partial charge >= 0.3 is 0 Å². The molecule has 0 saturated carbocycles. The summed E-state index contributed by atoms with van der Waals surface area (Å²) < 4.78 is 36.3. The maximum absolute atomic E-state index is 6.55. The maximum Gasteiger partial charge on any atom is 0.200 e. The van der Waals surface area contributed by atoms with Crippen LogP contribution in [0.2, 0.25) is 33.2 Å². The van der Waals surface area contributed by atoms with Gasteiger partial charge in [0.05, 0.1) is 66.1 Å². The topological polar surface area (TPSA) is 79.4 Å². The normalized spacial score (nSPS) is 12.7. The number of rotatable bonds is 29. The van der Waals surface area contributed by atoms with Crippen molar-refractivity contribution in [1.29, 1.82) is 0 Å². The molecule has 0 amide bonds. The van der Waals surface area contributed by atoms with Crippen LogP contribution in [-0.2, 0) is 27.8 Å². The molecule has 2 aromatic rings. The zero-order valence-corrected chi connectivity index (χ0v) is 37.0. The molecule has 298 valence electrons. The van der Waals surface area contributed by atoms with Crippen molar-refractivity contribution in [1.82, 2.24) is 0 Å². The van der Waals surface area contributed by atoms with Gasteiger partial charge in [0.25, 0.3) is 0 Å². The molecule has 0 aliphatic carbocycles. The quantitative estimate of drug-likeness (QED) is 0.0627. The van der Waals surface area contributed by atoms with Crippen LogP contribution < -0.4 is 10.6 Å². The van der Waals surface area contributed by atoms with Crippen LogP contribution in [0, 0.1) is 0 Å². The van der Waals surface area contributed by atoms with Crippen LogP contribution in [0.25, 0.3) is 11.1 Å². The van der Waals surface area contributed by atoms with Gasteiger partial charge in [-0.15, -0.1) is 0 Å². The summed E-state index contributed by atoms with van der Waals surface area (Å²) in [6.45, 7) is 35.4. The highest BCUT2D eigenvalue weighted by Crippen LogP contribution is 2.43. The van der Waals surface area contributed by atoms with E-state index in [4.69, 9.17) is 27.8 Å². The largest absolute Gasteiger partial charge is 0.414 e. The Hall–Kier alpha value is -1.77. The summed E-state index contributed by atoms with van der Waals surface area (Å²) in [6, 6.07) is 17.1. The third-order valence-corrected chi connectivity index (χ3v) is 22.8. The summed E-state index contributed by atoms with van der Waals surface area (Å²) in [6.07, 6.45) is 0. The molecule has 0 heterocycles. The smallest absolute Gasteiger partial charge is 0.200 e. The molecular weight excluding hydrogens is 685 g/mol. The van der Waals surface area contributed by atoms with E-state index in [1.807, 2.05) is 0 Å². The first-order chi connectivity index (χ1) is 24.8. The van der Waals surface area contributed by atoms with Gasteiger partial charge < -0.3 is 38.4 Å². The van der Waals surface area contributed by atoms with Crippen LogP contribution in [0.4, 0.5) is 11.4 Å². The van der Waals surface area contributed by atoms with E-state index in [9.17, 15) is 0 Å². The zero-order chi connectivity index (χ0) is 38.6. The van der Waals surface area contributed by atoms with E-state index in [-0.39, 0.29) is 0 Å². The molecule has 8 nitrogen and oxygen atoms in total. The summed E-state index contributed by atoms with van der Waals surface area (Å²) in [5.41, 5.74) is 8.07. The Bertz CT molecular complexity index is 1050. The summed E-state index contributed by atoms with van der Waals surface area (Å²) in [4.78, 5) is 0. The van der Waals surface area contributed by atoms with Gasteiger partial charge in [0.15, 0.2) is 16.6 Å². The monoisotopic (exact) mass is 761 g/mol. The summed E-state index contributed by atoms with van der Waals surface area (Å²) in [7, 11) is -3.65. The van der Waals surface area contributed by atoms with E-state index in [1.54, 1.807) is 0 Å². The Morgan fingerprint density at radius 2 is 0.615 bits per heavy atom. The van der Waals surface area contributed by atoms with Crippen LogP contribution in [0.3, 0.4) is 0 Å². The molecule has 52 heavy (non-hydrogen) atoms. The highest BCUT2D eigenvalue weighted by Gasteiger charge is 2.45. The molecule has 0 bridgehead atoms. The van der Waals surface area contributed by atoms with E-state index in [0.29, 0.717) is 99.3 Å². The van der Waals surface area contributed by atoms with Gasteiger partial charge in [-0.05, 0) is 68.6 Å². The summed E-state index contributed by atoms with van der Waals surface area (Å²) >= 11 is 0. The standard InChI is InChI=1S/C42H76N2O6Si2/c1-33(2)51(34(3)4,35(5)6)49-31-29-47-27-25-45-23-21-43-41-17-13-39(14-18-41)40-15-19-42(20-16-40)44-22-24-46-26-28-48-30-32-50-52(36(7)8,37(9)10)38(11)12/h13-20,33-38,43-44H,21-32H2,1-12H3. The fourth-order valence-corrected chi connectivity index (χ4v) is 19.2. The predicted octanol–water partition coefficient (Wildman–Crippen LogP) is 10.6. The number of benzene rings is 2. The van der Waals surface area contributed by atoms with E-state index < -0.39 is 16.6 Å². The Morgan fingerprint density at radius 3 is 0.885 bits per heavy atom. The summed E-state index contributed by atoms with van der Waals surface area (Å²) in [5, 5.41) is 6.89. The van der Waals surface area contributed by atoms with Crippen LogP contribution in [0.5, 0.6) is 0 Å². The molecule has 0 saturated heterocycles. The SMILES string of the molecule is CC(C)[Si](OCCOCCOCCNc1ccc(-c2ccc(NCCOCCOCCO[Si](C(C)C)(C(C)C)C(C)C)cc2)cc1)(C(C)C)C(C)C. The second kappa shape index (κ2) is 24.6. The van der Waals surface area contributed by atoms with Crippen LogP contribution in [-0.4, -0.2) is 95.8 Å². The minimum atomic E-state index is -1.82. The molecule has 10 heteroatoms. The average Bonchev–Trinajstić information content (AvgIpc) is 3.09. The molecule has 0 atom stereocenters. The molecule has 0 aliphatic heterocycles. The third kappa shape index (κ3) is 14.5. The van der Waals surface area contributed by atoms with Gasteiger partial charge in [0, 0.05) is 24.5 Å². The van der Waals surface area contributed by atoms with E-state index in [0.717, 1.165) is 24.5 Å². The van der Waals surface area contributed by atoms with Gasteiger partial charge in [-0.25, -0.2) is 0 Å². The van der Waals surface area contributed by atoms with Crippen LogP contribution in [0.1, 0.15) is 83.1 Å². The summed E-state index contributed by atoms with van der Waals surface area (Å²) in [5.74, 6) is 0. The predicted molar refractivity (Wildman–Crippen MR) is 226 cm³/mol. The molecule has 0 spiro atoms. The van der Waals surface area contributed by atoms with E-state index in [2.05, 4.69) is 142 Å². The lowest BCUT2D eigenvalue weighted by atomic mass is 10.1. The number of nitrogens with one attached hydrogen (secondary N) is 2. The van der Waals surface area contributed by atoms with Gasteiger partial charge in [0.2, 0.25) is 0 Å². The Balaban J connectivity index is 1.55. The molecule has 0 fully saturated rings. The molecular formula is C42H76N2O6Si2. The second-order valence-corrected chi connectivity index (χ2v) is 26.7. The van der Waals surface area contributed by atoms with Crippen molar-refractivity contribution >= 4 is 28.0 Å². The highest BCUT2D eigenvalue weighted by atomic mass is 28.4. The number of hydrogen-bond donors (Lipinski definition) is 2. The first-order valence-corrected chi connectivity index (χ1v) is 24.3. The van der Waals surface area contributed by atoms with Gasteiger partial charge in [-0.3, -0.25) is 0 Å². The second-order valence-electron chi connectivity index (χ2n) is 15.8. The van der Waals surface area contributed by atoms with Crippen molar-refractivity contribution in [2.45, 2.75) is 116 Å². The fraction of sp³-hybridized carbons (Fsp3) is 0.714. The minimum absolute atomic E-state index is 0.586. The molecule has 2 rings (SSSR count). The van der Waals surface area contributed by atoms with Crippen molar-refractivity contribution in [2.75, 3.05) is 89.8 Å². The zero-order valence-electron chi connectivity index (χ0n) is 35.0. The molecule has 0 radical (unpaired) electrons. The average molecular weight is 761 g/mol. The Labute approximate surface area is 320 Å². The van der Waals surface area contributed by atoms with Gasteiger partial charge in [0.1, 0.15) is 0 Å². The van der Waals surface area contributed by atoms with Gasteiger partial charge in [-0.1, -0.05) is 107 Å². The van der Waals surface area contributed by atoms with Crippen molar-refractivity contribution < 1.29 is 27.8 Å². The lowest BCUT2D eigenvalue weighted by molar-refractivity contribution is 0.0371. The third-order valence-electron chi connectivity index (χ3n) is 10.6. The van der Waals surface area contributed by atoms with E-state index in [1.165, 1.54) is 11.1 Å². The van der Waals surface area contributed by atoms with Crippen molar-refractivity contribution in [3.8, 4) is 11.1 Å². The van der Waals surface area contributed by atoms with Crippen molar-refractivity contribution in [3.63, 3.8) is 0 Å². The number of ether oxygens (including phenoxy) is 4. The molecule has 0 aliphatic rings. The number of hydrogen-bond acceptors (Lipinski definition) is 8. The lowest BCUT2D eigenvalue weighted by Crippen LogP contribution is -2.48. The fourth-order valence-electron chi connectivity index (χ4n) is 8.29. The molecule has 0 aromatic heterocycles. The molecule has 0 unspecified atom stereocenters. The maximum atomic E-state index is 6.55. The van der Waals surface area contributed by atoms with Gasteiger partial charge in [-0.2, -0.15) is 0 Å². The minimum Gasteiger partial charge on any atom is -0.414 e. The molecule has 2 N–H and O–H groups in total. The van der Waals surface area contributed by atoms with E-state index >= 15 is 0 Å². The Morgan fingerprint density at radius 1 is 0.365 bits per heavy atom. The molecule has 2 aromatic carbocycles. The lowest BCUT2D eigenvalue weighted by Gasteiger charge is -2.42. The number of anilines is 2. The first kappa shape index (κ1) is 46.4.